The second kappa shape index (κ2) is 5.07. The highest BCUT2D eigenvalue weighted by Crippen LogP contribution is 2.43. The molecule has 0 aromatic heterocycles. The molecule has 1 aromatic carbocycles. The fraction of sp³-hybridized carbons (Fsp3) is 0.667. The average Bonchev–Trinajstić information content (AvgIpc) is 2.28. The lowest BCUT2D eigenvalue weighted by Crippen LogP contribution is -2.40. The quantitative estimate of drug-likeness (QED) is 0.857. The molecule has 1 aliphatic heterocycles. The highest BCUT2D eigenvalue weighted by atomic mass is 16.5. The number of rotatable bonds is 2. The molecule has 0 radical (unpaired) electrons. The van der Waals surface area contributed by atoms with Crippen molar-refractivity contribution in [1.29, 1.82) is 0 Å². The molecule has 0 saturated carbocycles. The number of fused-ring (bicyclic) bond motifs is 1. The predicted molar refractivity (Wildman–Crippen MR) is 85.6 cm³/mol. The summed E-state index contributed by atoms with van der Waals surface area (Å²) in [7, 11) is 0. The zero-order valence-electron chi connectivity index (χ0n) is 14.1. The van der Waals surface area contributed by atoms with E-state index in [-0.39, 0.29) is 11.0 Å². The van der Waals surface area contributed by atoms with Crippen LogP contribution in [0.25, 0.3) is 0 Å². The van der Waals surface area contributed by atoms with E-state index in [9.17, 15) is 0 Å². The summed E-state index contributed by atoms with van der Waals surface area (Å²) in [4.78, 5) is 0. The standard InChI is InChI=1S/C18H29NO/c1-8-19-15-11-18(6,7)20-16-12(2)9-13(10-14(15)16)17(3,4)5/h9-10,15,19H,8,11H2,1-7H3. The third kappa shape index (κ3) is 3.01. The minimum Gasteiger partial charge on any atom is -0.487 e. The van der Waals surface area contributed by atoms with Gasteiger partial charge in [-0.2, -0.15) is 0 Å². The highest BCUT2D eigenvalue weighted by Gasteiger charge is 2.35. The largest absolute Gasteiger partial charge is 0.487 e. The Balaban J connectivity index is 2.54. The van der Waals surface area contributed by atoms with E-state index in [1.165, 1.54) is 16.7 Å². The summed E-state index contributed by atoms with van der Waals surface area (Å²) in [6.45, 7) is 16.5. The van der Waals surface area contributed by atoms with Gasteiger partial charge in [0.25, 0.3) is 0 Å². The number of aryl methyl sites for hydroxylation is 1. The average molecular weight is 275 g/mol. The van der Waals surface area contributed by atoms with Gasteiger partial charge in [-0.1, -0.05) is 33.8 Å². The van der Waals surface area contributed by atoms with Crippen LogP contribution < -0.4 is 10.1 Å². The van der Waals surface area contributed by atoms with Gasteiger partial charge in [-0.3, -0.25) is 0 Å². The molecule has 2 rings (SSSR count). The van der Waals surface area contributed by atoms with E-state index in [1.54, 1.807) is 0 Å². The summed E-state index contributed by atoms with van der Waals surface area (Å²) < 4.78 is 6.25. The first-order valence-corrected chi connectivity index (χ1v) is 7.71. The van der Waals surface area contributed by atoms with Crippen LogP contribution in [0.4, 0.5) is 0 Å². The maximum atomic E-state index is 6.25. The van der Waals surface area contributed by atoms with Crippen LogP contribution in [0.5, 0.6) is 5.75 Å². The monoisotopic (exact) mass is 275 g/mol. The van der Waals surface area contributed by atoms with E-state index in [0.717, 1.165) is 18.7 Å². The molecule has 1 aliphatic rings. The Labute approximate surface area is 123 Å². The maximum absolute atomic E-state index is 6.25. The van der Waals surface area contributed by atoms with Crippen molar-refractivity contribution in [2.45, 2.75) is 71.9 Å². The van der Waals surface area contributed by atoms with Gasteiger partial charge in [0.2, 0.25) is 0 Å². The van der Waals surface area contributed by atoms with Gasteiger partial charge in [0.05, 0.1) is 0 Å². The van der Waals surface area contributed by atoms with E-state index >= 15 is 0 Å². The Kier molecular flexibility index (Phi) is 3.90. The Morgan fingerprint density at radius 3 is 2.50 bits per heavy atom. The van der Waals surface area contributed by atoms with Crippen molar-refractivity contribution < 1.29 is 4.74 Å². The molecule has 20 heavy (non-hydrogen) atoms. The van der Waals surface area contributed by atoms with Crippen LogP contribution in [-0.2, 0) is 5.41 Å². The molecule has 1 aromatic rings. The van der Waals surface area contributed by atoms with Crippen LogP contribution in [0.2, 0.25) is 0 Å². The lowest BCUT2D eigenvalue weighted by atomic mass is 9.81. The summed E-state index contributed by atoms with van der Waals surface area (Å²) in [5, 5.41) is 3.62. The molecule has 0 fully saturated rings. The second-order valence-corrected chi connectivity index (χ2v) is 7.64. The summed E-state index contributed by atoms with van der Waals surface area (Å²) >= 11 is 0. The van der Waals surface area contributed by atoms with Crippen molar-refractivity contribution in [2.24, 2.45) is 0 Å². The van der Waals surface area contributed by atoms with Crippen molar-refractivity contribution in [2.75, 3.05) is 6.54 Å². The van der Waals surface area contributed by atoms with Gasteiger partial charge in [-0.15, -0.1) is 0 Å². The third-order valence-electron chi connectivity index (χ3n) is 4.07. The van der Waals surface area contributed by atoms with E-state index < -0.39 is 0 Å². The van der Waals surface area contributed by atoms with E-state index in [1.807, 2.05) is 0 Å². The van der Waals surface area contributed by atoms with Gasteiger partial charge in [0.15, 0.2) is 0 Å². The first-order chi connectivity index (χ1) is 9.14. The van der Waals surface area contributed by atoms with Gasteiger partial charge < -0.3 is 10.1 Å². The topological polar surface area (TPSA) is 21.3 Å². The van der Waals surface area contributed by atoms with Crippen molar-refractivity contribution in [3.8, 4) is 5.75 Å². The Hall–Kier alpha value is -1.02. The first-order valence-electron chi connectivity index (χ1n) is 7.71. The minimum absolute atomic E-state index is 0.103. The fourth-order valence-corrected chi connectivity index (χ4v) is 2.98. The number of ether oxygens (including phenoxy) is 1. The van der Waals surface area contributed by atoms with Crippen LogP contribution in [0.15, 0.2) is 12.1 Å². The number of benzene rings is 1. The smallest absolute Gasteiger partial charge is 0.127 e. The lowest BCUT2D eigenvalue weighted by molar-refractivity contribution is 0.0654. The molecule has 1 N–H and O–H groups in total. The van der Waals surface area contributed by atoms with Gasteiger partial charge >= 0.3 is 0 Å². The molecule has 0 bridgehead atoms. The molecule has 2 nitrogen and oxygen atoms in total. The highest BCUT2D eigenvalue weighted by molar-refractivity contribution is 5.49. The minimum atomic E-state index is -0.103. The van der Waals surface area contributed by atoms with Crippen molar-refractivity contribution in [3.63, 3.8) is 0 Å². The van der Waals surface area contributed by atoms with Crippen LogP contribution in [0.3, 0.4) is 0 Å². The van der Waals surface area contributed by atoms with E-state index in [4.69, 9.17) is 4.74 Å². The number of hydrogen-bond donors (Lipinski definition) is 1. The van der Waals surface area contributed by atoms with Gasteiger partial charge in [-0.05, 0) is 49.9 Å². The normalized spacial score (nSPS) is 21.2. The van der Waals surface area contributed by atoms with Crippen LogP contribution >= 0.6 is 0 Å². The molecule has 112 valence electrons. The Bertz CT molecular complexity index is 497. The molecular formula is C18H29NO. The zero-order valence-corrected chi connectivity index (χ0v) is 14.1. The molecule has 1 heterocycles. The van der Waals surface area contributed by atoms with Crippen molar-refractivity contribution in [1.82, 2.24) is 5.32 Å². The Morgan fingerprint density at radius 2 is 1.95 bits per heavy atom. The van der Waals surface area contributed by atoms with Crippen LogP contribution in [-0.4, -0.2) is 12.1 Å². The predicted octanol–water partition coefficient (Wildman–Crippen LogP) is 4.50. The molecule has 0 spiro atoms. The lowest BCUT2D eigenvalue weighted by Gasteiger charge is -2.39. The summed E-state index contributed by atoms with van der Waals surface area (Å²) in [5.41, 5.74) is 4.04. The zero-order chi connectivity index (χ0) is 15.1. The molecule has 0 saturated heterocycles. The van der Waals surface area contributed by atoms with Gasteiger partial charge in [0, 0.05) is 18.0 Å². The molecule has 1 unspecified atom stereocenters. The van der Waals surface area contributed by atoms with Crippen LogP contribution in [0.1, 0.15) is 70.7 Å². The SMILES string of the molecule is CCNC1CC(C)(C)Oc2c(C)cc(C(C)(C)C)cc21. The Morgan fingerprint density at radius 1 is 1.30 bits per heavy atom. The second-order valence-electron chi connectivity index (χ2n) is 7.64. The fourth-order valence-electron chi connectivity index (χ4n) is 2.98. The molecule has 0 amide bonds. The molecule has 1 atom stereocenters. The summed E-state index contributed by atoms with van der Waals surface area (Å²) in [6.07, 6.45) is 1.01. The van der Waals surface area contributed by atoms with E-state index in [0.29, 0.717) is 6.04 Å². The van der Waals surface area contributed by atoms with Crippen molar-refractivity contribution in [3.05, 3.63) is 28.8 Å². The van der Waals surface area contributed by atoms with Gasteiger partial charge in [-0.25, -0.2) is 0 Å². The number of nitrogens with one attached hydrogen (secondary N) is 1. The first kappa shape index (κ1) is 15.4. The summed E-state index contributed by atoms with van der Waals surface area (Å²) in [6, 6.07) is 5.01. The molecule has 0 aliphatic carbocycles. The number of hydrogen-bond acceptors (Lipinski definition) is 2. The molecule has 2 heteroatoms. The van der Waals surface area contributed by atoms with E-state index in [2.05, 4.69) is 65.9 Å². The molecular weight excluding hydrogens is 246 g/mol. The van der Waals surface area contributed by atoms with Crippen LogP contribution in [0, 0.1) is 6.92 Å². The summed E-state index contributed by atoms with van der Waals surface area (Å²) in [5.74, 6) is 1.08. The third-order valence-corrected chi connectivity index (χ3v) is 4.07. The maximum Gasteiger partial charge on any atom is 0.127 e. The van der Waals surface area contributed by atoms with Gasteiger partial charge in [0.1, 0.15) is 11.4 Å². The van der Waals surface area contributed by atoms with Crippen molar-refractivity contribution >= 4 is 0 Å².